The molecule has 2 aromatic rings. The Morgan fingerprint density at radius 1 is 1.22 bits per heavy atom. The lowest BCUT2D eigenvalue weighted by molar-refractivity contribution is 0.260. The third-order valence-electron chi connectivity index (χ3n) is 2.15. The van der Waals surface area contributed by atoms with Crippen molar-refractivity contribution in [3.05, 3.63) is 53.1 Å². The summed E-state index contributed by atoms with van der Waals surface area (Å²) in [7, 11) is 0. The average Bonchev–Trinajstić information content (AvgIpc) is 2.41. The molecule has 0 spiro atoms. The van der Waals surface area contributed by atoms with Crippen molar-refractivity contribution < 1.29 is 4.79 Å². The summed E-state index contributed by atoms with van der Waals surface area (Å²) in [5.74, 6) is 0.468. The van der Waals surface area contributed by atoms with Gasteiger partial charge in [0.1, 0.15) is 5.82 Å². The monoisotopic (exact) mass is 323 g/mol. The lowest BCUT2D eigenvalue weighted by Crippen LogP contribution is -2.27. The molecule has 92 valence electrons. The zero-order valence-electron chi connectivity index (χ0n) is 9.25. The standard InChI is InChI=1S/C12H10BrN3OS/c13-9-4-6-10(7-5-9)15-12(17)16(18)11-3-1-2-8-14-11/h1-8,18H,(H,15,17). The highest BCUT2D eigenvalue weighted by atomic mass is 79.9. The van der Waals surface area contributed by atoms with Crippen LogP contribution < -0.4 is 9.62 Å². The van der Waals surface area contributed by atoms with Crippen molar-refractivity contribution in [2.45, 2.75) is 0 Å². The van der Waals surface area contributed by atoms with Crippen molar-refractivity contribution in [3.63, 3.8) is 0 Å². The van der Waals surface area contributed by atoms with Gasteiger partial charge in [0, 0.05) is 16.4 Å². The average molecular weight is 324 g/mol. The summed E-state index contributed by atoms with van der Waals surface area (Å²) in [5.41, 5.74) is 0.693. The zero-order valence-corrected chi connectivity index (χ0v) is 11.7. The second-order valence-electron chi connectivity index (χ2n) is 3.44. The van der Waals surface area contributed by atoms with Gasteiger partial charge in [0.2, 0.25) is 0 Å². The van der Waals surface area contributed by atoms with Gasteiger partial charge in [0.25, 0.3) is 0 Å². The van der Waals surface area contributed by atoms with Crippen molar-refractivity contribution >= 4 is 46.3 Å². The third-order valence-corrected chi connectivity index (χ3v) is 3.07. The third kappa shape index (κ3) is 3.24. The summed E-state index contributed by atoms with van der Waals surface area (Å²) in [4.78, 5) is 15.9. The number of pyridine rings is 1. The van der Waals surface area contributed by atoms with Crippen LogP contribution in [0.1, 0.15) is 0 Å². The van der Waals surface area contributed by atoms with E-state index in [4.69, 9.17) is 0 Å². The van der Waals surface area contributed by atoms with Gasteiger partial charge < -0.3 is 5.32 Å². The lowest BCUT2D eigenvalue weighted by atomic mass is 10.3. The molecule has 1 aromatic heterocycles. The molecule has 6 heteroatoms. The van der Waals surface area contributed by atoms with E-state index in [1.54, 1.807) is 36.5 Å². The molecule has 0 aliphatic rings. The highest BCUT2D eigenvalue weighted by Crippen LogP contribution is 2.17. The van der Waals surface area contributed by atoms with Crippen molar-refractivity contribution in [2.75, 3.05) is 9.62 Å². The van der Waals surface area contributed by atoms with Crippen molar-refractivity contribution in [1.82, 2.24) is 4.98 Å². The number of amides is 2. The molecular formula is C12H10BrN3OS. The van der Waals surface area contributed by atoms with Gasteiger partial charge in [-0.2, -0.15) is 0 Å². The summed E-state index contributed by atoms with van der Waals surface area (Å²) in [5, 5.41) is 2.72. The highest BCUT2D eigenvalue weighted by Gasteiger charge is 2.12. The molecule has 18 heavy (non-hydrogen) atoms. The Kier molecular flexibility index (Phi) is 4.22. The molecule has 0 bridgehead atoms. The fourth-order valence-electron chi connectivity index (χ4n) is 1.29. The first kappa shape index (κ1) is 12.9. The van der Waals surface area contributed by atoms with Crippen LogP contribution in [0.25, 0.3) is 0 Å². The maximum Gasteiger partial charge on any atom is 0.337 e. The molecule has 4 nitrogen and oxygen atoms in total. The number of carbonyl (C=O) groups excluding carboxylic acids is 1. The Morgan fingerprint density at radius 2 is 1.94 bits per heavy atom. The smallest absolute Gasteiger partial charge is 0.307 e. The Labute approximate surface area is 119 Å². The number of benzene rings is 1. The van der Waals surface area contributed by atoms with Gasteiger partial charge in [-0.1, -0.05) is 34.8 Å². The van der Waals surface area contributed by atoms with Crippen molar-refractivity contribution in [2.24, 2.45) is 0 Å². The first-order valence-corrected chi connectivity index (χ1v) is 6.33. The number of nitrogens with one attached hydrogen (secondary N) is 1. The summed E-state index contributed by atoms with van der Waals surface area (Å²) in [6.07, 6.45) is 1.60. The molecule has 0 atom stereocenters. The Balaban J connectivity index is 2.06. The molecule has 2 rings (SSSR count). The fraction of sp³-hybridized carbons (Fsp3) is 0. The number of aromatic nitrogens is 1. The van der Waals surface area contributed by atoms with Gasteiger partial charge in [-0.05, 0) is 36.4 Å². The van der Waals surface area contributed by atoms with E-state index in [1.807, 2.05) is 12.1 Å². The SMILES string of the molecule is O=C(Nc1ccc(Br)cc1)N(S)c1ccccn1. The second kappa shape index (κ2) is 5.88. The zero-order chi connectivity index (χ0) is 13.0. The number of halogens is 1. The minimum Gasteiger partial charge on any atom is -0.307 e. The second-order valence-corrected chi connectivity index (χ2v) is 4.75. The molecule has 0 aliphatic heterocycles. The summed E-state index contributed by atoms with van der Waals surface area (Å²) in [6, 6.07) is 12.2. The molecule has 0 saturated heterocycles. The maximum absolute atomic E-state index is 11.9. The number of thiol groups is 1. The molecule has 0 unspecified atom stereocenters. The first-order valence-electron chi connectivity index (χ1n) is 5.13. The van der Waals surface area contributed by atoms with E-state index >= 15 is 0 Å². The van der Waals surface area contributed by atoms with E-state index < -0.39 is 0 Å². The van der Waals surface area contributed by atoms with Crippen molar-refractivity contribution in [1.29, 1.82) is 0 Å². The minimum absolute atomic E-state index is 0.362. The number of nitrogens with zero attached hydrogens (tertiary/aromatic N) is 2. The van der Waals surface area contributed by atoms with Gasteiger partial charge in [0.05, 0.1) is 0 Å². The Hall–Kier alpha value is -1.53. The van der Waals surface area contributed by atoms with Gasteiger partial charge in [-0.15, -0.1) is 0 Å². The van der Waals surface area contributed by atoms with Gasteiger partial charge in [-0.25, -0.2) is 14.1 Å². The van der Waals surface area contributed by atoms with Crippen LogP contribution in [0.3, 0.4) is 0 Å². The summed E-state index contributed by atoms with van der Waals surface area (Å²) < 4.78 is 2.11. The van der Waals surface area contributed by atoms with E-state index in [2.05, 4.69) is 39.0 Å². The predicted molar refractivity (Wildman–Crippen MR) is 78.9 cm³/mol. The van der Waals surface area contributed by atoms with E-state index in [-0.39, 0.29) is 6.03 Å². The number of hydrogen-bond acceptors (Lipinski definition) is 3. The number of urea groups is 1. The van der Waals surface area contributed by atoms with Gasteiger partial charge >= 0.3 is 6.03 Å². The normalized spacial score (nSPS) is 9.89. The van der Waals surface area contributed by atoms with Crippen LogP contribution in [0, 0.1) is 0 Å². The van der Waals surface area contributed by atoms with E-state index in [0.29, 0.717) is 11.5 Å². The number of anilines is 2. The van der Waals surface area contributed by atoms with Crippen LogP contribution in [0.2, 0.25) is 0 Å². The van der Waals surface area contributed by atoms with Crippen molar-refractivity contribution in [3.8, 4) is 0 Å². The number of hydrogen-bond donors (Lipinski definition) is 2. The quantitative estimate of drug-likeness (QED) is 0.827. The molecule has 1 N–H and O–H groups in total. The van der Waals surface area contributed by atoms with Crippen LogP contribution in [-0.2, 0) is 0 Å². The molecule has 1 heterocycles. The summed E-state index contributed by atoms with van der Waals surface area (Å²) in [6.45, 7) is 0. The lowest BCUT2D eigenvalue weighted by Gasteiger charge is -2.15. The molecule has 0 fully saturated rings. The van der Waals surface area contributed by atoms with E-state index in [1.165, 1.54) is 0 Å². The predicted octanol–water partition coefficient (Wildman–Crippen LogP) is 3.73. The first-order chi connectivity index (χ1) is 8.66. The van der Waals surface area contributed by atoms with Gasteiger partial charge in [-0.3, -0.25) is 0 Å². The molecule has 0 aliphatic carbocycles. The molecule has 0 saturated carbocycles. The fourth-order valence-corrected chi connectivity index (χ4v) is 1.73. The summed E-state index contributed by atoms with van der Waals surface area (Å²) >= 11 is 7.44. The molecule has 2 amide bonds. The van der Waals surface area contributed by atoms with E-state index in [0.717, 1.165) is 8.78 Å². The van der Waals surface area contributed by atoms with Crippen LogP contribution >= 0.6 is 28.7 Å². The molecular weight excluding hydrogens is 314 g/mol. The van der Waals surface area contributed by atoms with Crippen LogP contribution in [0.5, 0.6) is 0 Å². The van der Waals surface area contributed by atoms with Gasteiger partial charge in [0.15, 0.2) is 0 Å². The van der Waals surface area contributed by atoms with E-state index in [9.17, 15) is 4.79 Å². The molecule has 1 aromatic carbocycles. The molecule has 0 radical (unpaired) electrons. The Morgan fingerprint density at radius 3 is 2.56 bits per heavy atom. The largest absolute Gasteiger partial charge is 0.337 e. The Bertz CT molecular complexity index is 533. The topological polar surface area (TPSA) is 45.2 Å². The van der Waals surface area contributed by atoms with Crippen LogP contribution in [-0.4, -0.2) is 11.0 Å². The highest BCUT2D eigenvalue weighted by molar-refractivity contribution is 9.10. The maximum atomic E-state index is 11.9. The van der Waals surface area contributed by atoms with Crippen LogP contribution in [0.4, 0.5) is 16.3 Å². The minimum atomic E-state index is -0.362. The number of carbonyl (C=O) groups is 1. The number of rotatable bonds is 2. The van der Waals surface area contributed by atoms with Crippen LogP contribution in [0.15, 0.2) is 53.1 Å².